The normalized spacial score (nSPS) is 10.1. The lowest BCUT2D eigenvalue weighted by Gasteiger charge is -2.12. The van der Waals surface area contributed by atoms with Crippen molar-refractivity contribution in [1.82, 2.24) is 9.97 Å². The minimum Gasteiger partial charge on any atom is -0.493 e. The van der Waals surface area contributed by atoms with Crippen LogP contribution in [0.5, 0.6) is 11.5 Å². The van der Waals surface area contributed by atoms with E-state index in [-0.39, 0.29) is 12.4 Å². The number of nitrogen functional groups attached to an aromatic ring is 1. The number of aromatic nitrogens is 2. The zero-order chi connectivity index (χ0) is 16.4. The van der Waals surface area contributed by atoms with Crippen molar-refractivity contribution in [3.05, 3.63) is 41.7 Å². The second-order valence-electron chi connectivity index (χ2n) is 4.84. The SMILES string of the molecule is COc1cc2ncnc(Nc3cc(N)cc(Cl)c3)c2cc1OC.Cl. The lowest BCUT2D eigenvalue weighted by molar-refractivity contribution is 0.356. The van der Waals surface area contributed by atoms with Gasteiger partial charge in [-0.15, -0.1) is 12.4 Å². The summed E-state index contributed by atoms with van der Waals surface area (Å²) in [6.45, 7) is 0. The number of benzene rings is 2. The third kappa shape index (κ3) is 3.55. The van der Waals surface area contributed by atoms with Gasteiger partial charge in [-0.05, 0) is 24.3 Å². The van der Waals surface area contributed by atoms with Crippen molar-refractivity contribution in [3.8, 4) is 11.5 Å². The monoisotopic (exact) mass is 366 g/mol. The molecule has 3 rings (SSSR count). The van der Waals surface area contributed by atoms with Crippen molar-refractivity contribution < 1.29 is 9.47 Å². The number of nitrogens with two attached hydrogens (primary N) is 1. The number of ether oxygens (including phenoxy) is 2. The molecule has 0 aliphatic rings. The van der Waals surface area contributed by atoms with E-state index in [1.807, 2.05) is 6.07 Å². The summed E-state index contributed by atoms with van der Waals surface area (Å²) in [5.74, 6) is 1.83. The van der Waals surface area contributed by atoms with Gasteiger partial charge in [-0.2, -0.15) is 0 Å². The molecule has 126 valence electrons. The fraction of sp³-hybridized carbons (Fsp3) is 0.125. The molecule has 0 spiro atoms. The third-order valence-electron chi connectivity index (χ3n) is 3.32. The maximum absolute atomic E-state index is 6.03. The second kappa shape index (κ2) is 7.42. The van der Waals surface area contributed by atoms with Crippen molar-refractivity contribution in [3.63, 3.8) is 0 Å². The van der Waals surface area contributed by atoms with E-state index in [1.165, 1.54) is 6.33 Å². The van der Waals surface area contributed by atoms with Gasteiger partial charge >= 0.3 is 0 Å². The summed E-state index contributed by atoms with van der Waals surface area (Å²) < 4.78 is 10.6. The third-order valence-corrected chi connectivity index (χ3v) is 3.54. The molecule has 0 radical (unpaired) electrons. The highest BCUT2D eigenvalue weighted by Crippen LogP contribution is 2.34. The molecule has 0 amide bonds. The average molecular weight is 367 g/mol. The van der Waals surface area contributed by atoms with E-state index in [1.54, 1.807) is 38.5 Å². The molecule has 0 unspecified atom stereocenters. The number of rotatable bonds is 4. The van der Waals surface area contributed by atoms with Crippen LogP contribution in [0, 0.1) is 0 Å². The minimum atomic E-state index is 0. The molecule has 1 heterocycles. The Kier molecular flexibility index (Phi) is 5.54. The maximum atomic E-state index is 6.03. The summed E-state index contributed by atoms with van der Waals surface area (Å²) in [6, 6.07) is 8.85. The summed E-state index contributed by atoms with van der Waals surface area (Å²) in [6.07, 6.45) is 1.48. The quantitative estimate of drug-likeness (QED) is 0.677. The molecule has 8 heteroatoms. The first kappa shape index (κ1) is 17.9. The predicted octanol–water partition coefficient (Wildman–Crippen LogP) is 4.05. The molecule has 3 N–H and O–H groups in total. The molecule has 0 aliphatic carbocycles. The molecule has 0 saturated carbocycles. The van der Waals surface area contributed by atoms with E-state index in [2.05, 4.69) is 15.3 Å². The molecule has 3 aromatic rings. The number of hydrogen-bond acceptors (Lipinski definition) is 6. The van der Waals surface area contributed by atoms with Crippen molar-refractivity contribution in [2.75, 3.05) is 25.3 Å². The molecule has 1 aromatic heterocycles. The zero-order valence-electron chi connectivity index (χ0n) is 13.0. The van der Waals surface area contributed by atoms with E-state index in [4.69, 9.17) is 26.8 Å². The molecule has 2 aromatic carbocycles. The van der Waals surface area contributed by atoms with Crippen LogP contribution in [0.2, 0.25) is 5.02 Å². The number of fused-ring (bicyclic) bond motifs is 1. The molecular weight excluding hydrogens is 351 g/mol. The lowest BCUT2D eigenvalue weighted by atomic mass is 10.2. The Labute approximate surface area is 150 Å². The van der Waals surface area contributed by atoms with Gasteiger partial charge in [0.1, 0.15) is 12.1 Å². The van der Waals surface area contributed by atoms with Crippen LogP contribution >= 0.6 is 24.0 Å². The van der Waals surface area contributed by atoms with Crippen LogP contribution in [0.1, 0.15) is 0 Å². The Morgan fingerprint density at radius 2 is 1.71 bits per heavy atom. The fourth-order valence-electron chi connectivity index (χ4n) is 2.30. The van der Waals surface area contributed by atoms with Gasteiger partial charge in [-0.1, -0.05) is 11.6 Å². The summed E-state index contributed by atoms with van der Waals surface area (Å²) in [5, 5.41) is 4.55. The summed E-state index contributed by atoms with van der Waals surface area (Å²) in [4.78, 5) is 8.56. The number of anilines is 3. The number of hydrogen-bond donors (Lipinski definition) is 2. The first-order chi connectivity index (χ1) is 11.1. The Balaban J connectivity index is 0.00000208. The molecule has 0 aliphatic heterocycles. The van der Waals surface area contributed by atoms with Crippen LogP contribution in [0.4, 0.5) is 17.2 Å². The van der Waals surface area contributed by atoms with Crippen LogP contribution in [-0.2, 0) is 0 Å². The van der Waals surface area contributed by atoms with Gasteiger partial charge in [0.15, 0.2) is 11.5 Å². The Hall–Kier alpha value is -2.44. The molecular formula is C16H16Cl2N4O2. The van der Waals surface area contributed by atoms with E-state index in [0.717, 1.165) is 16.6 Å². The number of methoxy groups -OCH3 is 2. The minimum absolute atomic E-state index is 0. The van der Waals surface area contributed by atoms with Gasteiger partial charge < -0.3 is 20.5 Å². The largest absolute Gasteiger partial charge is 0.493 e. The van der Waals surface area contributed by atoms with Crippen LogP contribution in [-0.4, -0.2) is 24.2 Å². The van der Waals surface area contributed by atoms with Gasteiger partial charge in [0, 0.05) is 27.8 Å². The highest BCUT2D eigenvalue weighted by molar-refractivity contribution is 6.31. The van der Waals surface area contributed by atoms with Crippen LogP contribution < -0.4 is 20.5 Å². The first-order valence-corrected chi connectivity index (χ1v) is 7.18. The van der Waals surface area contributed by atoms with E-state index in [9.17, 15) is 0 Å². The van der Waals surface area contributed by atoms with Gasteiger partial charge in [-0.25, -0.2) is 9.97 Å². The highest BCUT2D eigenvalue weighted by Gasteiger charge is 2.11. The predicted molar refractivity (Wildman–Crippen MR) is 99.0 cm³/mol. The molecule has 0 bridgehead atoms. The molecule has 24 heavy (non-hydrogen) atoms. The van der Waals surface area contributed by atoms with Gasteiger partial charge in [0.2, 0.25) is 0 Å². The Bertz CT molecular complexity index is 854. The van der Waals surface area contributed by atoms with Gasteiger partial charge in [0.25, 0.3) is 0 Å². The maximum Gasteiger partial charge on any atom is 0.162 e. The second-order valence-corrected chi connectivity index (χ2v) is 5.28. The van der Waals surface area contributed by atoms with Crippen molar-refractivity contribution in [2.24, 2.45) is 0 Å². The summed E-state index contributed by atoms with van der Waals surface area (Å²) in [7, 11) is 3.16. The summed E-state index contributed by atoms with van der Waals surface area (Å²) in [5.41, 5.74) is 7.85. The number of halogens is 2. The average Bonchev–Trinajstić information content (AvgIpc) is 2.53. The smallest absolute Gasteiger partial charge is 0.162 e. The summed E-state index contributed by atoms with van der Waals surface area (Å²) >= 11 is 6.03. The zero-order valence-corrected chi connectivity index (χ0v) is 14.6. The van der Waals surface area contributed by atoms with E-state index >= 15 is 0 Å². The number of nitrogens with one attached hydrogen (secondary N) is 1. The standard InChI is InChI=1S/C16H15ClN4O2.ClH/c1-22-14-6-12-13(7-15(14)23-2)19-8-20-16(12)21-11-4-9(17)3-10(18)5-11;/h3-8H,18H2,1-2H3,(H,19,20,21);1H. The van der Waals surface area contributed by atoms with E-state index in [0.29, 0.717) is 28.0 Å². The topological polar surface area (TPSA) is 82.3 Å². The first-order valence-electron chi connectivity index (χ1n) is 6.80. The van der Waals surface area contributed by atoms with Gasteiger partial charge in [0.05, 0.1) is 19.7 Å². The fourth-order valence-corrected chi connectivity index (χ4v) is 2.55. The van der Waals surface area contributed by atoms with Crippen LogP contribution in [0.15, 0.2) is 36.7 Å². The number of nitrogens with zero attached hydrogens (tertiary/aromatic N) is 2. The molecule has 0 fully saturated rings. The van der Waals surface area contributed by atoms with Crippen molar-refractivity contribution in [2.45, 2.75) is 0 Å². The molecule has 0 saturated heterocycles. The van der Waals surface area contributed by atoms with Gasteiger partial charge in [-0.3, -0.25) is 0 Å². The molecule has 6 nitrogen and oxygen atoms in total. The Morgan fingerprint density at radius 1 is 1.00 bits per heavy atom. The highest BCUT2D eigenvalue weighted by atomic mass is 35.5. The van der Waals surface area contributed by atoms with Crippen molar-refractivity contribution in [1.29, 1.82) is 0 Å². The van der Waals surface area contributed by atoms with E-state index < -0.39 is 0 Å². The molecule has 0 atom stereocenters. The Morgan fingerprint density at radius 3 is 2.38 bits per heavy atom. The van der Waals surface area contributed by atoms with Crippen molar-refractivity contribution >= 4 is 52.1 Å². The van der Waals surface area contributed by atoms with Crippen LogP contribution in [0.25, 0.3) is 10.9 Å². The lowest BCUT2D eigenvalue weighted by Crippen LogP contribution is -1.98. The van der Waals surface area contributed by atoms with Crippen LogP contribution in [0.3, 0.4) is 0 Å².